The number of nitrogens with zero attached hydrogens (tertiary/aromatic N) is 4. The van der Waals surface area contributed by atoms with Gasteiger partial charge in [0.2, 0.25) is 4.96 Å². The Hall–Kier alpha value is -2.28. The zero-order valence-electron chi connectivity index (χ0n) is 8.44. The van der Waals surface area contributed by atoms with Crippen molar-refractivity contribution in [1.29, 1.82) is 0 Å². The standard InChI is InChI=1S/C10H6N4O2S/c15-9(16)7-5-14-10(12-7)17-8(13-14)6-1-3-11-4-2-6/h1-5H,(H,15,16). The third-order valence-electron chi connectivity index (χ3n) is 2.19. The summed E-state index contributed by atoms with van der Waals surface area (Å²) in [5.41, 5.74) is 0.942. The molecule has 0 bridgehead atoms. The van der Waals surface area contributed by atoms with Crippen LogP contribution in [-0.4, -0.2) is 30.7 Å². The van der Waals surface area contributed by atoms with Crippen molar-refractivity contribution in [2.75, 3.05) is 0 Å². The van der Waals surface area contributed by atoms with Gasteiger partial charge in [-0.05, 0) is 12.1 Å². The van der Waals surface area contributed by atoms with Crippen LogP contribution in [0.5, 0.6) is 0 Å². The SMILES string of the molecule is O=C(O)c1cn2nc(-c3ccncc3)sc2n1. The van der Waals surface area contributed by atoms with Crippen LogP contribution in [0.25, 0.3) is 15.5 Å². The van der Waals surface area contributed by atoms with Crippen molar-refractivity contribution in [3.63, 3.8) is 0 Å². The maximum absolute atomic E-state index is 10.7. The van der Waals surface area contributed by atoms with Gasteiger partial charge in [0.1, 0.15) is 5.01 Å². The summed E-state index contributed by atoms with van der Waals surface area (Å²) in [6.07, 6.45) is 4.77. The van der Waals surface area contributed by atoms with Crippen molar-refractivity contribution < 1.29 is 9.90 Å². The molecule has 0 amide bonds. The molecule has 3 rings (SSSR count). The molecule has 3 aromatic heterocycles. The Morgan fingerprint density at radius 2 is 2.12 bits per heavy atom. The van der Waals surface area contributed by atoms with Crippen LogP contribution in [0, 0.1) is 0 Å². The molecule has 17 heavy (non-hydrogen) atoms. The Bertz CT molecular complexity index is 657. The molecule has 7 heteroatoms. The summed E-state index contributed by atoms with van der Waals surface area (Å²) >= 11 is 1.34. The van der Waals surface area contributed by atoms with Gasteiger partial charge in [0.05, 0.1) is 6.20 Å². The number of carboxylic acid groups (broad SMARTS) is 1. The predicted molar refractivity (Wildman–Crippen MR) is 61.1 cm³/mol. The highest BCUT2D eigenvalue weighted by Gasteiger charge is 2.13. The molecule has 0 spiro atoms. The van der Waals surface area contributed by atoms with Crippen molar-refractivity contribution in [3.8, 4) is 10.6 Å². The van der Waals surface area contributed by atoms with Gasteiger partial charge in [-0.25, -0.2) is 14.3 Å². The molecule has 0 aliphatic carbocycles. The minimum Gasteiger partial charge on any atom is -0.476 e. The number of hydrogen-bond acceptors (Lipinski definition) is 5. The number of carbonyl (C=O) groups is 1. The molecule has 0 aromatic carbocycles. The van der Waals surface area contributed by atoms with Crippen molar-refractivity contribution in [1.82, 2.24) is 19.6 Å². The third kappa shape index (κ3) is 1.66. The second-order valence-corrected chi connectivity index (χ2v) is 4.26. The van der Waals surface area contributed by atoms with Crippen LogP contribution in [0.4, 0.5) is 0 Å². The Labute approximate surface area is 99.2 Å². The lowest BCUT2D eigenvalue weighted by molar-refractivity contribution is 0.0691. The van der Waals surface area contributed by atoms with Gasteiger partial charge in [-0.2, -0.15) is 5.10 Å². The number of hydrogen-bond donors (Lipinski definition) is 1. The number of rotatable bonds is 2. The molecule has 0 saturated heterocycles. The molecule has 3 heterocycles. The number of aromatic carboxylic acids is 1. The number of pyridine rings is 1. The van der Waals surface area contributed by atoms with Gasteiger partial charge < -0.3 is 5.11 Å². The molecule has 0 aliphatic rings. The maximum Gasteiger partial charge on any atom is 0.356 e. The van der Waals surface area contributed by atoms with E-state index in [1.807, 2.05) is 12.1 Å². The van der Waals surface area contributed by atoms with Gasteiger partial charge >= 0.3 is 5.97 Å². The number of fused-ring (bicyclic) bond motifs is 1. The van der Waals surface area contributed by atoms with Crippen LogP contribution < -0.4 is 0 Å². The summed E-state index contributed by atoms with van der Waals surface area (Å²) in [7, 11) is 0. The molecule has 0 radical (unpaired) electrons. The van der Waals surface area contributed by atoms with Gasteiger partial charge in [-0.3, -0.25) is 4.98 Å². The molecular formula is C10H6N4O2S. The molecule has 3 aromatic rings. The lowest BCUT2D eigenvalue weighted by atomic mass is 10.3. The first-order valence-corrected chi connectivity index (χ1v) is 5.55. The Balaban J connectivity index is 2.10. The summed E-state index contributed by atoms with van der Waals surface area (Å²) in [6, 6.07) is 3.69. The summed E-state index contributed by atoms with van der Waals surface area (Å²) in [6.45, 7) is 0. The highest BCUT2D eigenvalue weighted by molar-refractivity contribution is 7.19. The predicted octanol–water partition coefficient (Wildman–Crippen LogP) is 1.55. The van der Waals surface area contributed by atoms with E-state index >= 15 is 0 Å². The van der Waals surface area contributed by atoms with E-state index < -0.39 is 5.97 Å². The zero-order chi connectivity index (χ0) is 11.8. The minimum absolute atomic E-state index is 0.00466. The van der Waals surface area contributed by atoms with Crippen LogP contribution in [0.3, 0.4) is 0 Å². The second-order valence-electron chi connectivity index (χ2n) is 3.30. The lowest BCUT2D eigenvalue weighted by Gasteiger charge is -1.91. The molecular weight excluding hydrogens is 240 g/mol. The minimum atomic E-state index is -1.05. The molecule has 0 atom stereocenters. The van der Waals surface area contributed by atoms with Gasteiger partial charge in [0.25, 0.3) is 0 Å². The second kappa shape index (κ2) is 3.63. The van der Waals surface area contributed by atoms with E-state index in [-0.39, 0.29) is 5.69 Å². The van der Waals surface area contributed by atoms with E-state index in [0.29, 0.717) is 4.96 Å². The highest BCUT2D eigenvalue weighted by atomic mass is 32.1. The summed E-state index contributed by atoms with van der Waals surface area (Å²) < 4.78 is 1.48. The zero-order valence-corrected chi connectivity index (χ0v) is 9.26. The van der Waals surface area contributed by atoms with E-state index in [2.05, 4.69) is 15.1 Å². The van der Waals surface area contributed by atoms with Crippen LogP contribution in [-0.2, 0) is 0 Å². The quantitative estimate of drug-likeness (QED) is 0.742. The number of imidazole rings is 1. The molecule has 0 fully saturated rings. The Kier molecular flexibility index (Phi) is 2.12. The molecule has 84 valence electrons. The fourth-order valence-corrected chi connectivity index (χ4v) is 2.30. The number of carboxylic acids is 1. The van der Waals surface area contributed by atoms with Crippen molar-refractivity contribution in [2.24, 2.45) is 0 Å². The molecule has 0 unspecified atom stereocenters. The van der Waals surface area contributed by atoms with Crippen LogP contribution >= 0.6 is 11.3 Å². The summed E-state index contributed by atoms with van der Waals surface area (Å²) in [5.74, 6) is -1.05. The average Bonchev–Trinajstić information content (AvgIpc) is 2.87. The maximum atomic E-state index is 10.7. The smallest absolute Gasteiger partial charge is 0.356 e. The van der Waals surface area contributed by atoms with Gasteiger partial charge in [-0.15, -0.1) is 0 Å². The fraction of sp³-hybridized carbons (Fsp3) is 0. The van der Waals surface area contributed by atoms with Crippen molar-refractivity contribution in [3.05, 3.63) is 36.4 Å². The van der Waals surface area contributed by atoms with Gasteiger partial charge in [0.15, 0.2) is 5.69 Å². The Morgan fingerprint density at radius 3 is 2.76 bits per heavy atom. The first kappa shape index (κ1) is 9.91. The van der Waals surface area contributed by atoms with E-state index in [9.17, 15) is 4.79 Å². The molecule has 0 saturated carbocycles. The topological polar surface area (TPSA) is 80.4 Å². The largest absolute Gasteiger partial charge is 0.476 e. The van der Waals surface area contributed by atoms with Crippen LogP contribution in [0.2, 0.25) is 0 Å². The normalized spacial score (nSPS) is 10.8. The van der Waals surface area contributed by atoms with Crippen LogP contribution in [0.15, 0.2) is 30.7 Å². The van der Waals surface area contributed by atoms with E-state index in [0.717, 1.165) is 10.6 Å². The monoisotopic (exact) mass is 246 g/mol. The van der Waals surface area contributed by atoms with Gasteiger partial charge in [-0.1, -0.05) is 11.3 Å². The average molecular weight is 246 g/mol. The lowest BCUT2D eigenvalue weighted by Crippen LogP contribution is -1.95. The Morgan fingerprint density at radius 1 is 1.35 bits per heavy atom. The molecule has 6 nitrogen and oxygen atoms in total. The summed E-state index contributed by atoms with van der Waals surface area (Å²) in [5, 5.41) is 13.8. The van der Waals surface area contributed by atoms with Crippen molar-refractivity contribution in [2.45, 2.75) is 0 Å². The first-order valence-electron chi connectivity index (χ1n) is 4.74. The van der Waals surface area contributed by atoms with Gasteiger partial charge in [0, 0.05) is 18.0 Å². The van der Waals surface area contributed by atoms with E-state index in [4.69, 9.17) is 5.11 Å². The third-order valence-corrected chi connectivity index (χ3v) is 3.16. The van der Waals surface area contributed by atoms with Crippen molar-refractivity contribution >= 4 is 22.3 Å². The molecule has 0 aliphatic heterocycles. The van der Waals surface area contributed by atoms with E-state index in [1.165, 1.54) is 22.0 Å². The van der Waals surface area contributed by atoms with Crippen LogP contribution in [0.1, 0.15) is 10.5 Å². The fourth-order valence-electron chi connectivity index (χ4n) is 1.41. The highest BCUT2D eigenvalue weighted by Crippen LogP contribution is 2.24. The first-order chi connectivity index (χ1) is 8.24. The van der Waals surface area contributed by atoms with E-state index in [1.54, 1.807) is 12.4 Å². The molecule has 1 N–H and O–H groups in total. The summed E-state index contributed by atoms with van der Waals surface area (Å²) in [4.78, 5) is 19.2. The number of aromatic nitrogens is 4.